The highest BCUT2D eigenvalue weighted by Gasteiger charge is 2.27. The van der Waals surface area contributed by atoms with Crippen molar-refractivity contribution in [1.82, 2.24) is 15.0 Å². The molecule has 0 radical (unpaired) electrons. The topological polar surface area (TPSA) is 97.6 Å². The van der Waals surface area contributed by atoms with E-state index in [1.165, 1.54) is 0 Å². The lowest BCUT2D eigenvalue weighted by atomic mass is 9.95. The van der Waals surface area contributed by atoms with Gasteiger partial charge in [0.25, 0.3) is 5.91 Å². The maximum absolute atomic E-state index is 12.6. The number of ether oxygens (including phenoxy) is 1. The van der Waals surface area contributed by atoms with Gasteiger partial charge in [-0.25, -0.2) is 0 Å². The first-order valence-electron chi connectivity index (χ1n) is 11.8. The number of hydrogen-bond acceptors (Lipinski definition) is 6. The predicted octanol–water partition coefficient (Wildman–Crippen LogP) is 4.34. The fourth-order valence-electron chi connectivity index (χ4n) is 3.90. The molecule has 1 saturated heterocycles. The Morgan fingerprint density at radius 2 is 1.82 bits per heavy atom. The zero-order chi connectivity index (χ0) is 23.8. The largest absolute Gasteiger partial charge is 0.484 e. The molecule has 1 aromatic heterocycles. The summed E-state index contributed by atoms with van der Waals surface area (Å²) in [4.78, 5) is 31.2. The highest BCUT2D eigenvalue weighted by molar-refractivity contribution is 5.92. The van der Waals surface area contributed by atoms with Crippen LogP contribution >= 0.6 is 0 Å². The average Bonchev–Trinajstić information content (AvgIpc) is 3.36. The Bertz CT molecular complexity index is 1070. The van der Waals surface area contributed by atoms with Crippen molar-refractivity contribution in [3.8, 4) is 17.1 Å². The van der Waals surface area contributed by atoms with E-state index in [4.69, 9.17) is 9.26 Å². The van der Waals surface area contributed by atoms with Crippen molar-refractivity contribution in [2.75, 3.05) is 25.0 Å². The number of likely N-dealkylation sites (tertiary alicyclic amines) is 1. The molecule has 2 heterocycles. The molecule has 3 aromatic rings. The predicted molar refractivity (Wildman–Crippen MR) is 128 cm³/mol. The molecule has 1 fully saturated rings. The third-order valence-electron chi connectivity index (χ3n) is 5.95. The standard InChI is InChI=1S/C26H30N4O4/c1-2-3-9-23-28-25(29-34-23)19-10-12-22(13-11-19)33-18-24(31)30-16-14-20(15-17-30)26(32)27-21-7-5-4-6-8-21/h4-8,10-13,20H,2-3,9,14-18H2,1H3,(H,27,32). The number of amides is 2. The number of benzene rings is 2. The molecule has 2 aromatic carbocycles. The highest BCUT2D eigenvalue weighted by Crippen LogP contribution is 2.22. The summed E-state index contributed by atoms with van der Waals surface area (Å²) < 4.78 is 11.0. The van der Waals surface area contributed by atoms with Crippen molar-refractivity contribution in [1.29, 1.82) is 0 Å². The van der Waals surface area contributed by atoms with Gasteiger partial charge in [0.15, 0.2) is 6.61 Å². The fourth-order valence-corrected chi connectivity index (χ4v) is 3.90. The number of rotatable bonds is 9. The summed E-state index contributed by atoms with van der Waals surface area (Å²) in [6, 6.07) is 16.7. The van der Waals surface area contributed by atoms with E-state index in [1.807, 2.05) is 42.5 Å². The van der Waals surface area contributed by atoms with Gasteiger partial charge in [-0.15, -0.1) is 0 Å². The van der Waals surface area contributed by atoms with Crippen molar-refractivity contribution in [3.63, 3.8) is 0 Å². The quantitative estimate of drug-likeness (QED) is 0.508. The minimum Gasteiger partial charge on any atom is -0.484 e. The maximum atomic E-state index is 12.6. The lowest BCUT2D eigenvalue weighted by molar-refractivity contribution is -0.136. The summed E-state index contributed by atoms with van der Waals surface area (Å²) in [6.45, 7) is 3.18. The van der Waals surface area contributed by atoms with Gasteiger partial charge in [-0.1, -0.05) is 36.7 Å². The second kappa shape index (κ2) is 11.4. The highest BCUT2D eigenvalue weighted by atomic mass is 16.5. The van der Waals surface area contributed by atoms with E-state index in [0.29, 0.717) is 43.4 Å². The van der Waals surface area contributed by atoms with Crippen LogP contribution in [0.3, 0.4) is 0 Å². The Labute approximate surface area is 199 Å². The van der Waals surface area contributed by atoms with E-state index >= 15 is 0 Å². The molecular weight excluding hydrogens is 432 g/mol. The van der Waals surface area contributed by atoms with Crippen molar-refractivity contribution in [2.24, 2.45) is 5.92 Å². The van der Waals surface area contributed by atoms with E-state index < -0.39 is 0 Å². The van der Waals surface area contributed by atoms with Crippen molar-refractivity contribution in [2.45, 2.75) is 39.0 Å². The third kappa shape index (κ3) is 6.21. The first-order chi connectivity index (χ1) is 16.6. The van der Waals surface area contributed by atoms with Gasteiger partial charge in [0.2, 0.25) is 17.6 Å². The van der Waals surface area contributed by atoms with Gasteiger partial charge in [-0.05, 0) is 55.7 Å². The molecule has 2 amide bonds. The summed E-state index contributed by atoms with van der Waals surface area (Å²) in [7, 11) is 0. The molecular formula is C26H30N4O4. The van der Waals surface area contributed by atoms with E-state index in [-0.39, 0.29) is 24.3 Å². The number of piperidine rings is 1. The molecule has 1 aliphatic heterocycles. The van der Waals surface area contributed by atoms with Crippen molar-refractivity contribution < 1.29 is 18.8 Å². The number of unbranched alkanes of at least 4 members (excludes halogenated alkanes) is 1. The Kier molecular flexibility index (Phi) is 7.91. The summed E-state index contributed by atoms with van der Waals surface area (Å²) in [5.41, 5.74) is 1.63. The van der Waals surface area contributed by atoms with Gasteiger partial charge >= 0.3 is 0 Å². The zero-order valence-corrected chi connectivity index (χ0v) is 19.4. The SMILES string of the molecule is CCCCc1nc(-c2ccc(OCC(=O)N3CCC(C(=O)Nc4ccccc4)CC3)cc2)no1. The Hall–Kier alpha value is -3.68. The Balaban J connectivity index is 1.21. The van der Waals surface area contributed by atoms with Gasteiger partial charge < -0.3 is 19.5 Å². The minimum atomic E-state index is -0.0923. The van der Waals surface area contributed by atoms with Crippen LogP contribution in [0.15, 0.2) is 59.1 Å². The smallest absolute Gasteiger partial charge is 0.260 e. The summed E-state index contributed by atoms with van der Waals surface area (Å²) in [5, 5.41) is 6.98. The van der Waals surface area contributed by atoms with Gasteiger partial charge in [-0.3, -0.25) is 9.59 Å². The molecule has 178 valence electrons. The fraction of sp³-hybridized carbons (Fsp3) is 0.385. The van der Waals surface area contributed by atoms with E-state index in [1.54, 1.807) is 17.0 Å². The minimum absolute atomic E-state index is 0.00808. The molecule has 8 nitrogen and oxygen atoms in total. The number of carbonyl (C=O) groups is 2. The molecule has 4 rings (SSSR count). The van der Waals surface area contributed by atoms with E-state index in [2.05, 4.69) is 22.4 Å². The van der Waals surface area contributed by atoms with Gasteiger partial charge in [0.05, 0.1) is 0 Å². The monoisotopic (exact) mass is 462 g/mol. The summed E-state index contributed by atoms with van der Waals surface area (Å²) >= 11 is 0. The van der Waals surface area contributed by atoms with Crippen molar-refractivity contribution in [3.05, 3.63) is 60.5 Å². The van der Waals surface area contributed by atoms with Crippen LogP contribution in [-0.2, 0) is 16.0 Å². The van der Waals surface area contributed by atoms with Crippen LogP contribution in [0.2, 0.25) is 0 Å². The Morgan fingerprint density at radius 1 is 1.09 bits per heavy atom. The normalized spacial score (nSPS) is 14.1. The second-order valence-electron chi connectivity index (χ2n) is 8.44. The van der Waals surface area contributed by atoms with Crippen LogP contribution in [0.25, 0.3) is 11.4 Å². The van der Waals surface area contributed by atoms with Crippen LogP contribution in [-0.4, -0.2) is 46.6 Å². The molecule has 1 aliphatic rings. The van der Waals surface area contributed by atoms with Crippen LogP contribution in [0.5, 0.6) is 5.75 Å². The molecule has 0 aliphatic carbocycles. The number of nitrogens with one attached hydrogen (secondary N) is 1. The average molecular weight is 463 g/mol. The molecule has 0 bridgehead atoms. The molecule has 1 N–H and O–H groups in total. The zero-order valence-electron chi connectivity index (χ0n) is 19.4. The van der Waals surface area contributed by atoms with Crippen LogP contribution in [0, 0.1) is 5.92 Å². The van der Waals surface area contributed by atoms with Crippen LogP contribution in [0.4, 0.5) is 5.69 Å². The number of aromatic nitrogens is 2. The molecule has 0 unspecified atom stereocenters. The second-order valence-corrected chi connectivity index (χ2v) is 8.44. The lowest BCUT2D eigenvalue weighted by Gasteiger charge is -2.31. The lowest BCUT2D eigenvalue weighted by Crippen LogP contribution is -2.43. The first kappa shape index (κ1) is 23.5. The number of hydrogen-bond donors (Lipinski definition) is 1. The van der Waals surface area contributed by atoms with Crippen LogP contribution < -0.4 is 10.1 Å². The number of nitrogens with zero attached hydrogens (tertiary/aromatic N) is 3. The van der Waals surface area contributed by atoms with Gasteiger partial charge in [-0.2, -0.15) is 4.98 Å². The summed E-state index contributed by atoms with van der Waals surface area (Å²) in [6.07, 6.45) is 4.15. The van der Waals surface area contributed by atoms with Crippen LogP contribution in [0.1, 0.15) is 38.5 Å². The van der Waals surface area contributed by atoms with Crippen molar-refractivity contribution >= 4 is 17.5 Å². The Morgan fingerprint density at radius 3 is 2.53 bits per heavy atom. The number of carbonyl (C=O) groups excluding carboxylic acids is 2. The molecule has 34 heavy (non-hydrogen) atoms. The van der Waals surface area contributed by atoms with Gasteiger partial charge in [0, 0.05) is 36.7 Å². The maximum Gasteiger partial charge on any atom is 0.260 e. The van der Waals surface area contributed by atoms with E-state index in [9.17, 15) is 9.59 Å². The molecule has 0 saturated carbocycles. The molecule has 0 spiro atoms. The third-order valence-corrected chi connectivity index (χ3v) is 5.95. The van der Waals surface area contributed by atoms with E-state index in [0.717, 1.165) is 30.5 Å². The molecule has 8 heteroatoms. The summed E-state index contributed by atoms with van der Waals surface area (Å²) in [5.74, 6) is 1.63. The number of anilines is 1. The first-order valence-corrected chi connectivity index (χ1v) is 11.8. The number of aryl methyl sites for hydroxylation is 1. The van der Waals surface area contributed by atoms with Gasteiger partial charge in [0.1, 0.15) is 5.75 Å². The number of para-hydroxylation sites is 1. The molecule has 0 atom stereocenters.